The van der Waals surface area contributed by atoms with E-state index in [1.807, 2.05) is 19.1 Å². The van der Waals surface area contributed by atoms with Crippen molar-refractivity contribution < 1.29 is 4.42 Å². The molecule has 2 rings (SSSR count). The molecule has 0 unspecified atom stereocenters. The molecule has 0 aliphatic rings. The standard InChI is InChI=1S/C10H10N2O/c1-6-4-10(12)13-9-5-7(11)2-3-8(6)9/h2-5,12H,11H2,1H3. The summed E-state index contributed by atoms with van der Waals surface area (Å²) in [5.41, 5.74) is 8.12. The van der Waals surface area contributed by atoms with Crippen molar-refractivity contribution in [3.8, 4) is 0 Å². The number of rotatable bonds is 0. The normalized spacial score (nSPS) is 10.5. The highest BCUT2D eigenvalue weighted by Gasteiger charge is 1.99. The fraction of sp³-hybridized carbons (Fsp3) is 0.100. The zero-order valence-corrected chi connectivity index (χ0v) is 7.29. The number of nitrogens with one attached hydrogen (secondary N) is 1. The van der Waals surface area contributed by atoms with Crippen LogP contribution in [0, 0.1) is 12.3 Å². The quantitative estimate of drug-likeness (QED) is 0.598. The van der Waals surface area contributed by atoms with Crippen LogP contribution >= 0.6 is 0 Å². The molecule has 0 saturated carbocycles. The second kappa shape index (κ2) is 2.62. The Bertz CT molecular complexity index is 514. The van der Waals surface area contributed by atoms with Crippen LogP contribution in [0.3, 0.4) is 0 Å². The maximum Gasteiger partial charge on any atom is 0.212 e. The van der Waals surface area contributed by atoms with Crippen LogP contribution in [-0.4, -0.2) is 0 Å². The number of nitrogen functional groups attached to an aromatic ring is 1. The van der Waals surface area contributed by atoms with E-state index >= 15 is 0 Å². The van der Waals surface area contributed by atoms with E-state index < -0.39 is 0 Å². The molecular weight excluding hydrogens is 164 g/mol. The van der Waals surface area contributed by atoms with Crippen LogP contribution in [-0.2, 0) is 0 Å². The van der Waals surface area contributed by atoms with Gasteiger partial charge in [-0.05, 0) is 24.6 Å². The van der Waals surface area contributed by atoms with Crippen LogP contribution in [0.5, 0.6) is 0 Å². The third-order valence-corrected chi connectivity index (χ3v) is 2.00. The average molecular weight is 174 g/mol. The molecule has 0 bridgehead atoms. The highest BCUT2D eigenvalue weighted by Crippen LogP contribution is 2.18. The summed E-state index contributed by atoms with van der Waals surface area (Å²) >= 11 is 0. The van der Waals surface area contributed by atoms with E-state index in [0.717, 1.165) is 10.9 Å². The predicted octanol–water partition coefficient (Wildman–Crippen LogP) is 1.80. The summed E-state index contributed by atoms with van der Waals surface area (Å²) in [5, 5.41) is 8.39. The fourth-order valence-corrected chi connectivity index (χ4v) is 1.37. The van der Waals surface area contributed by atoms with Crippen molar-refractivity contribution in [2.45, 2.75) is 6.92 Å². The van der Waals surface area contributed by atoms with Crippen LogP contribution in [0.25, 0.3) is 11.0 Å². The Hall–Kier alpha value is -1.77. The van der Waals surface area contributed by atoms with Gasteiger partial charge in [0.05, 0.1) is 0 Å². The first kappa shape index (κ1) is 7.86. The van der Waals surface area contributed by atoms with Gasteiger partial charge in [-0.3, -0.25) is 5.41 Å². The second-order valence-electron chi connectivity index (χ2n) is 3.05. The molecule has 0 radical (unpaired) electrons. The zero-order valence-electron chi connectivity index (χ0n) is 7.29. The number of hydrogen-bond acceptors (Lipinski definition) is 3. The Labute approximate surface area is 75.3 Å². The van der Waals surface area contributed by atoms with Gasteiger partial charge in [0.15, 0.2) is 0 Å². The summed E-state index contributed by atoms with van der Waals surface area (Å²) in [6.07, 6.45) is 0. The van der Waals surface area contributed by atoms with Crippen LogP contribution in [0.4, 0.5) is 5.69 Å². The fourth-order valence-electron chi connectivity index (χ4n) is 1.37. The van der Waals surface area contributed by atoms with Gasteiger partial charge in [0, 0.05) is 23.2 Å². The van der Waals surface area contributed by atoms with Crippen LogP contribution in [0.1, 0.15) is 5.56 Å². The number of fused-ring (bicyclic) bond motifs is 1. The van der Waals surface area contributed by atoms with E-state index in [1.54, 1.807) is 12.1 Å². The molecule has 3 nitrogen and oxygen atoms in total. The van der Waals surface area contributed by atoms with E-state index in [4.69, 9.17) is 15.6 Å². The van der Waals surface area contributed by atoms with Crippen LogP contribution < -0.4 is 11.3 Å². The summed E-state index contributed by atoms with van der Waals surface area (Å²) in [6, 6.07) is 7.16. The number of hydrogen-bond donors (Lipinski definition) is 2. The van der Waals surface area contributed by atoms with Gasteiger partial charge >= 0.3 is 0 Å². The van der Waals surface area contributed by atoms with E-state index in [-0.39, 0.29) is 5.55 Å². The molecular formula is C10H10N2O. The lowest BCUT2D eigenvalue weighted by atomic mass is 10.1. The third kappa shape index (κ3) is 1.28. The summed E-state index contributed by atoms with van der Waals surface area (Å²) in [7, 11) is 0. The predicted molar refractivity (Wildman–Crippen MR) is 51.2 cm³/mol. The van der Waals surface area contributed by atoms with Crippen LogP contribution in [0.2, 0.25) is 0 Å². The molecule has 0 aliphatic carbocycles. The zero-order chi connectivity index (χ0) is 9.42. The maximum absolute atomic E-state index is 7.38. The lowest BCUT2D eigenvalue weighted by Crippen LogP contribution is -1.98. The first-order valence-electron chi connectivity index (χ1n) is 4.01. The molecule has 0 aliphatic heterocycles. The SMILES string of the molecule is Cc1cc(=N)oc2cc(N)ccc12. The number of benzene rings is 1. The maximum atomic E-state index is 7.38. The molecule has 1 aromatic carbocycles. The monoisotopic (exact) mass is 174 g/mol. The Balaban J connectivity index is 2.94. The van der Waals surface area contributed by atoms with Gasteiger partial charge in [0.2, 0.25) is 5.55 Å². The minimum Gasteiger partial charge on any atom is -0.439 e. The molecule has 13 heavy (non-hydrogen) atoms. The van der Waals surface area contributed by atoms with Crippen molar-refractivity contribution in [3.63, 3.8) is 0 Å². The highest BCUT2D eigenvalue weighted by atomic mass is 16.3. The molecule has 1 heterocycles. The van der Waals surface area contributed by atoms with Gasteiger partial charge in [0.1, 0.15) is 5.58 Å². The second-order valence-corrected chi connectivity index (χ2v) is 3.05. The molecule has 2 aromatic rings. The van der Waals surface area contributed by atoms with Crippen molar-refractivity contribution in [1.82, 2.24) is 0 Å². The lowest BCUT2D eigenvalue weighted by molar-refractivity contribution is 0.532. The molecule has 3 N–H and O–H groups in total. The van der Waals surface area contributed by atoms with Crippen molar-refractivity contribution >= 4 is 16.7 Å². The topological polar surface area (TPSA) is 63.0 Å². The minimum absolute atomic E-state index is 0.163. The largest absolute Gasteiger partial charge is 0.439 e. The number of nitrogens with two attached hydrogens (primary N) is 1. The average Bonchev–Trinajstić information content (AvgIpc) is 2.02. The van der Waals surface area contributed by atoms with E-state index in [2.05, 4.69) is 0 Å². The Kier molecular flexibility index (Phi) is 1.59. The lowest BCUT2D eigenvalue weighted by Gasteiger charge is -2.01. The van der Waals surface area contributed by atoms with E-state index in [0.29, 0.717) is 11.3 Å². The van der Waals surface area contributed by atoms with Gasteiger partial charge in [-0.15, -0.1) is 0 Å². The first-order chi connectivity index (χ1) is 6.16. The molecule has 3 heteroatoms. The van der Waals surface area contributed by atoms with Gasteiger partial charge in [-0.1, -0.05) is 0 Å². The first-order valence-corrected chi connectivity index (χ1v) is 4.01. The van der Waals surface area contributed by atoms with Gasteiger partial charge in [-0.25, -0.2) is 0 Å². The van der Waals surface area contributed by atoms with Gasteiger partial charge in [0.25, 0.3) is 0 Å². The molecule has 0 saturated heterocycles. The van der Waals surface area contributed by atoms with Crippen molar-refractivity contribution in [2.24, 2.45) is 0 Å². The summed E-state index contributed by atoms with van der Waals surface area (Å²) in [5.74, 6) is 0. The van der Waals surface area contributed by atoms with Crippen molar-refractivity contribution in [1.29, 1.82) is 5.41 Å². The molecule has 0 fully saturated rings. The Morgan fingerprint density at radius 1 is 1.31 bits per heavy atom. The summed E-state index contributed by atoms with van der Waals surface area (Å²) < 4.78 is 5.21. The van der Waals surface area contributed by atoms with Gasteiger partial charge in [-0.2, -0.15) is 0 Å². The number of aryl methyl sites for hydroxylation is 1. The Morgan fingerprint density at radius 3 is 2.85 bits per heavy atom. The molecule has 0 atom stereocenters. The van der Waals surface area contributed by atoms with Gasteiger partial charge < -0.3 is 10.2 Å². The smallest absolute Gasteiger partial charge is 0.212 e. The molecule has 0 spiro atoms. The van der Waals surface area contributed by atoms with E-state index in [9.17, 15) is 0 Å². The van der Waals surface area contributed by atoms with E-state index in [1.165, 1.54) is 0 Å². The number of anilines is 1. The summed E-state index contributed by atoms with van der Waals surface area (Å²) in [4.78, 5) is 0. The highest BCUT2D eigenvalue weighted by molar-refractivity contribution is 5.82. The molecule has 66 valence electrons. The Morgan fingerprint density at radius 2 is 2.08 bits per heavy atom. The molecule has 0 amide bonds. The van der Waals surface area contributed by atoms with Crippen LogP contribution in [0.15, 0.2) is 28.7 Å². The van der Waals surface area contributed by atoms with Crippen molar-refractivity contribution in [2.75, 3.05) is 5.73 Å². The molecule has 1 aromatic heterocycles. The minimum atomic E-state index is 0.163. The summed E-state index contributed by atoms with van der Waals surface area (Å²) in [6.45, 7) is 1.95. The van der Waals surface area contributed by atoms with Crippen molar-refractivity contribution in [3.05, 3.63) is 35.4 Å². The third-order valence-electron chi connectivity index (χ3n) is 2.00.